The number of ether oxygens (including phenoxy) is 1. The van der Waals surface area contributed by atoms with Crippen molar-refractivity contribution < 1.29 is 4.74 Å². The monoisotopic (exact) mass is 238 g/mol. The van der Waals surface area contributed by atoms with Crippen LogP contribution in [-0.4, -0.2) is 16.6 Å². The molecule has 0 saturated heterocycles. The first kappa shape index (κ1) is 12.1. The summed E-state index contributed by atoms with van der Waals surface area (Å²) in [6, 6.07) is 9.80. The quantitative estimate of drug-likeness (QED) is 0.771. The molecule has 0 bridgehead atoms. The minimum atomic E-state index is 0.214. The topological polar surface area (TPSA) is 35.0 Å². The lowest BCUT2D eigenvalue weighted by molar-refractivity contribution is 0.352. The standard InChI is InChI=1S/C15H14N2O/c1-4-10-18-15-11(2)12(3)16-14(17-15)13-8-6-5-7-9-13/h1,5-9H,10H2,2-3H3. The minimum absolute atomic E-state index is 0.214. The van der Waals surface area contributed by atoms with Gasteiger partial charge >= 0.3 is 0 Å². The van der Waals surface area contributed by atoms with Crippen LogP contribution in [0.5, 0.6) is 5.88 Å². The maximum atomic E-state index is 5.44. The molecule has 0 saturated carbocycles. The third-order valence-corrected chi connectivity index (χ3v) is 2.67. The van der Waals surface area contributed by atoms with Crippen LogP contribution >= 0.6 is 0 Å². The molecule has 0 aliphatic carbocycles. The van der Waals surface area contributed by atoms with Crippen LogP contribution in [0, 0.1) is 26.2 Å². The van der Waals surface area contributed by atoms with Gasteiger partial charge in [-0.05, 0) is 13.8 Å². The zero-order chi connectivity index (χ0) is 13.0. The molecule has 3 heteroatoms. The van der Waals surface area contributed by atoms with Crippen molar-refractivity contribution in [3.63, 3.8) is 0 Å². The van der Waals surface area contributed by atoms with Gasteiger partial charge in [-0.25, -0.2) is 4.98 Å². The zero-order valence-corrected chi connectivity index (χ0v) is 10.5. The summed E-state index contributed by atoms with van der Waals surface area (Å²) in [6.45, 7) is 4.08. The highest BCUT2D eigenvalue weighted by Gasteiger charge is 2.10. The Hall–Kier alpha value is -2.34. The number of benzene rings is 1. The number of terminal acetylenes is 1. The summed E-state index contributed by atoms with van der Waals surface area (Å²) in [5.74, 6) is 3.65. The molecule has 0 unspecified atom stereocenters. The van der Waals surface area contributed by atoms with Gasteiger partial charge < -0.3 is 4.74 Å². The molecule has 2 aromatic rings. The highest BCUT2D eigenvalue weighted by Crippen LogP contribution is 2.22. The third kappa shape index (κ3) is 2.49. The molecule has 0 amide bonds. The Balaban J connectivity index is 2.45. The molecule has 0 N–H and O–H groups in total. The third-order valence-electron chi connectivity index (χ3n) is 2.67. The fraction of sp³-hybridized carbons (Fsp3) is 0.200. The van der Waals surface area contributed by atoms with E-state index >= 15 is 0 Å². The molecule has 0 fully saturated rings. The van der Waals surface area contributed by atoms with Crippen LogP contribution in [0.1, 0.15) is 11.3 Å². The van der Waals surface area contributed by atoms with E-state index in [1.165, 1.54) is 0 Å². The molecule has 1 aromatic heterocycles. The van der Waals surface area contributed by atoms with Crippen molar-refractivity contribution in [2.75, 3.05) is 6.61 Å². The summed E-state index contributed by atoms with van der Waals surface area (Å²) in [7, 11) is 0. The zero-order valence-electron chi connectivity index (χ0n) is 10.5. The Bertz CT molecular complexity index is 585. The number of aryl methyl sites for hydroxylation is 1. The lowest BCUT2D eigenvalue weighted by Gasteiger charge is -2.10. The van der Waals surface area contributed by atoms with Crippen LogP contribution < -0.4 is 4.74 Å². The number of hydrogen-bond acceptors (Lipinski definition) is 3. The van der Waals surface area contributed by atoms with Crippen molar-refractivity contribution in [2.45, 2.75) is 13.8 Å². The Labute approximate surface area is 107 Å². The first-order valence-electron chi connectivity index (χ1n) is 5.69. The number of nitrogens with zero attached hydrogens (tertiary/aromatic N) is 2. The van der Waals surface area contributed by atoms with Gasteiger partial charge in [0.25, 0.3) is 0 Å². The van der Waals surface area contributed by atoms with Crippen molar-refractivity contribution >= 4 is 0 Å². The van der Waals surface area contributed by atoms with E-state index in [4.69, 9.17) is 11.2 Å². The summed E-state index contributed by atoms with van der Waals surface area (Å²) < 4.78 is 5.44. The van der Waals surface area contributed by atoms with Crippen LogP contribution in [0.2, 0.25) is 0 Å². The van der Waals surface area contributed by atoms with E-state index in [2.05, 4.69) is 15.9 Å². The molecule has 90 valence electrons. The molecular weight excluding hydrogens is 224 g/mol. The number of hydrogen-bond donors (Lipinski definition) is 0. The Morgan fingerprint density at radius 3 is 2.56 bits per heavy atom. The van der Waals surface area contributed by atoms with Gasteiger partial charge in [0.1, 0.15) is 0 Å². The second-order valence-electron chi connectivity index (χ2n) is 3.92. The summed E-state index contributed by atoms with van der Waals surface area (Å²) in [5.41, 5.74) is 2.78. The van der Waals surface area contributed by atoms with Gasteiger partial charge in [-0.3, -0.25) is 0 Å². The summed E-state index contributed by atoms with van der Waals surface area (Å²) in [5, 5.41) is 0. The first-order valence-corrected chi connectivity index (χ1v) is 5.69. The lowest BCUT2D eigenvalue weighted by atomic mass is 10.2. The molecular formula is C15H14N2O. The van der Waals surface area contributed by atoms with Crippen LogP contribution in [0.4, 0.5) is 0 Å². The van der Waals surface area contributed by atoms with Crippen molar-refractivity contribution in [1.82, 2.24) is 9.97 Å². The second kappa shape index (κ2) is 5.33. The predicted molar refractivity (Wildman–Crippen MR) is 71.3 cm³/mol. The van der Waals surface area contributed by atoms with E-state index in [0.29, 0.717) is 11.7 Å². The van der Waals surface area contributed by atoms with Crippen molar-refractivity contribution in [3.8, 4) is 29.6 Å². The molecule has 0 radical (unpaired) electrons. The van der Waals surface area contributed by atoms with Crippen molar-refractivity contribution in [3.05, 3.63) is 41.6 Å². The maximum Gasteiger partial charge on any atom is 0.221 e. The second-order valence-corrected chi connectivity index (χ2v) is 3.92. The lowest BCUT2D eigenvalue weighted by Crippen LogP contribution is -2.03. The molecule has 1 aromatic carbocycles. The fourth-order valence-electron chi connectivity index (χ4n) is 1.57. The number of rotatable bonds is 3. The fourth-order valence-corrected chi connectivity index (χ4v) is 1.57. The summed E-state index contributed by atoms with van der Waals surface area (Å²) >= 11 is 0. The van der Waals surface area contributed by atoms with E-state index in [0.717, 1.165) is 16.8 Å². The predicted octanol–water partition coefficient (Wildman–Crippen LogP) is 2.77. The van der Waals surface area contributed by atoms with Gasteiger partial charge in [-0.15, -0.1) is 6.42 Å². The smallest absolute Gasteiger partial charge is 0.221 e. The molecule has 1 heterocycles. The van der Waals surface area contributed by atoms with E-state index in [1.807, 2.05) is 44.2 Å². The molecule has 0 aliphatic rings. The van der Waals surface area contributed by atoms with E-state index in [-0.39, 0.29) is 6.61 Å². The molecule has 18 heavy (non-hydrogen) atoms. The first-order chi connectivity index (χ1) is 8.72. The van der Waals surface area contributed by atoms with Gasteiger partial charge in [0.05, 0.1) is 0 Å². The molecule has 0 spiro atoms. The Kier molecular flexibility index (Phi) is 3.59. The molecule has 2 rings (SSSR count). The summed E-state index contributed by atoms with van der Waals surface area (Å²) in [4.78, 5) is 8.88. The summed E-state index contributed by atoms with van der Waals surface area (Å²) in [6.07, 6.45) is 5.20. The van der Waals surface area contributed by atoms with Crippen LogP contribution in [0.25, 0.3) is 11.4 Å². The van der Waals surface area contributed by atoms with E-state index < -0.39 is 0 Å². The number of aromatic nitrogens is 2. The van der Waals surface area contributed by atoms with Crippen LogP contribution in [-0.2, 0) is 0 Å². The van der Waals surface area contributed by atoms with Gasteiger partial charge in [-0.1, -0.05) is 36.3 Å². The van der Waals surface area contributed by atoms with Gasteiger partial charge in [0.15, 0.2) is 12.4 Å². The normalized spacial score (nSPS) is 9.83. The van der Waals surface area contributed by atoms with Crippen LogP contribution in [0.15, 0.2) is 30.3 Å². The van der Waals surface area contributed by atoms with Crippen molar-refractivity contribution in [2.24, 2.45) is 0 Å². The molecule has 0 atom stereocenters. The average molecular weight is 238 g/mol. The van der Waals surface area contributed by atoms with Crippen molar-refractivity contribution in [1.29, 1.82) is 0 Å². The highest BCUT2D eigenvalue weighted by atomic mass is 16.5. The van der Waals surface area contributed by atoms with E-state index in [9.17, 15) is 0 Å². The van der Waals surface area contributed by atoms with Gasteiger partial charge in [0.2, 0.25) is 5.88 Å². The largest absolute Gasteiger partial charge is 0.464 e. The Morgan fingerprint density at radius 1 is 1.17 bits per heavy atom. The minimum Gasteiger partial charge on any atom is -0.464 e. The maximum absolute atomic E-state index is 5.44. The molecule has 3 nitrogen and oxygen atoms in total. The van der Waals surface area contributed by atoms with Gasteiger partial charge in [-0.2, -0.15) is 4.98 Å². The van der Waals surface area contributed by atoms with E-state index in [1.54, 1.807) is 0 Å². The highest BCUT2D eigenvalue weighted by molar-refractivity contribution is 5.56. The Morgan fingerprint density at radius 2 is 1.89 bits per heavy atom. The SMILES string of the molecule is C#CCOc1nc(-c2ccccc2)nc(C)c1C. The molecule has 0 aliphatic heterocycles. The van der Waals surface area contributed by atoms with Gasteiger partial charge in [0, 0.05) is 16.8 Å². The average Bonchev–Trinajstić information content (AvgIpc) is 2.41. The van der Waals surface area contributed by atoms with Crippen LogP contribution in [0.3, 0.4) is 0 Å².